The maximum Gasteiger partial charge on any atom is 0.202 e. The summed E-state index contributed by atoms with van der Waals surface area (Å²) in [5.41, 5.74) is 9.28. The lowest BCUT2D eigenvalue weighted by atomic mass is 10.0. The number of allylic oxidation sites excluding steroid dienone is 3. The number of ketones is 1. The summed E-state index contributed by atoms with van der Waals surface area (Å²) in [6, 6.07) is 8.18. The quantitative estimate of drug-likeness (QED) is 0.441. The zero-order chi connectivity index (χ0) is 23.2. The number of hydrogen-bond acceptors (Lipinski definition) is 5. The topological polar surface area (TPSA) is 61.9 Å². The van der Waals surface area contributed by atoms with Crippen molar-refractivity contribution in [3.8, 4) is 0 Å². The van der Waals surface area contributed by atoms with Crippen LogP contribution in [0.15, 0.2) is 51.6 Å². The molecule has 2 rings (SSSR count). The Bertz CT molecular complexity index is 863. The molecule has 0 aliphatic heterocycles. The van der Waals surface area contributed by atoms with Crippen LogP contribution in [-0.4, -0.2) is 82.3 Å². The van der Waals surface area contributed by atoms with Gasteiger partial charge in [0.25, 0.3) is 0 Å². The number of Topliss-reactive ketones (excluding diaryl/α,β-unsaturated/α-hetero) is 1. The minimum atomic E-state index is -0.240. The van der Waals surface area contributed by atoms with Gasteiger partial charge in [-0.25, -0.2) is 4.99 Å². The van der Waals surface area contributed by atoms with Crippen molar-refractivity contribution in [2.45, 2.75) is 19.8 Å². The van der Waals surface area contributed by atoms with Crippen molar-refractivity contribution in [3.05, 3.63) is 46.6 Å². The molecule has 0 bridgehead atoms. The van der Waals surface area contributed by atoms with E-state index in [-0.39, 0.29) is 16.5 Å². The number of nitrogens with two attached hydrogens (primary N) is 1. The predicted molar refractivity (Wildman–Crippen MR) is 132 cm³/mol. The SMILES string of the molecule is CC1=CC(=Nc2ccc(N(CCCN(C)C)CCC[N+](C)(C)C)cc2)C(N)=C(Cl)C1=O. The van der Waals surface area contributed by atoms with Crippen LogP contribution < -0.4 is 10.6 Å². The Hall–Kier alpha value is -2.15. The first-order valence-corrected chi connectivity index (χ1v) is 11.1. The zero-order valence-corrected chi connectivity index (χ0v) is 20.5. The first-order chi connectivity index (χ1) is 14.5. The number of quaternary nitrogens is 1. The molecule has 31 heavy (non-hydrogen) atoms. The Kier molecular flexibility index (Phi) is 8.86. The standard InChI is InChI=1S/C24H36ClN5O/c1-18-17-21(23(26)22(25)24(18)31)27-19-9-11-20(12-10-19)29(14-7-13-28(2)3)15-8-16-30(4,5)6/h9-12,17H,7-8,13-16H2,1-6H3,(H-,26,31)/p+1. The van der Waals surface area contributed by atoms with Gasteiger partial charge in [-0.15, -0.1) is 0 Å². The molecule has 2 N–H and O–H groups in total. The van der Waals surface area contributed by atoms with E-state index in [2.05, 4.69) is 62.2 Å². The smallest absolute Gasteiger partial charge is 0.202 e. The molecule has 0 amide bonds. The number of benzene rings is 1. The van der Waals surface area contributed by atoms with E-state index in [0.717, 1.165) is 49.2 Å². The van der Waals surface area contributed by atoms with Gasteiger partial charge in [-0.1, -0.05) is 11.6 Å². The maximum absolute atomic E-state index is 11.9. The minimum absolute atomic E-state index is 0.0414. The first kappa shape index (κ1) is 25.1. The van der Waals surface area contributed by atoms with Crippen LogP contribution in [0, 0.1) is 0 Å². The van der Waals surface area contributed by atoms with E-state index in [9.17, 15) is 4.79 Å². The number of nitrogens with zero attached hydrogens (tertiary/aromatic N) is 4. The van der Waals surface area contributed by atoms with E-state index in [4.69, 9.17) is 17.3 Å². The summed E-state index contributed by atoms with van der Waals surface area (Å²) < 4.78 is 0.967. The molecule has 1 aliphatic carbocycles. The molecule has 1 aliphatic rings. The van der Waals surface area contributed by atoms with Crippen LogP contribution in [0.1, 0.15) is 19.8 Å². The highest BCUT2D eigenvalue weighted by molar-refractivity contribution is 6.49. The van der Waals surface area contributed by atoms with Gasteiger partial charge in [0.2, 0.25) is 5.78 Å². The summed E-state index contributed by atoms with van der Waals surface area (Å²) in [4.78, 5) is 21.2. The molecule has 0 heterocycles. The lowest BCUT2D eigenvalue weighted by Gasteiger charge is -2.29. The van der Waals surface area contributed by atoms with E-state index < -0.39 is 0 Å². The summed E-state index contributed by atoms with van der Waals surface area (Å²) in [5.74, 6) is -0.240. The number of rotatable bonds is 10. The number of anilines is 1. The zero-order valence-electron chi connectivity index (χ0n) is 19.8. The van der Waals surface area contributed by atoms with Gasteiger partial charge in [0.05, 0.1) is 44.8 Å². The molecule has 0 atom stereocenters. The third-order valence-corrected chi connectivity index (χ3v) is 5.55. The van der Waals surface area contributed by atoms with E-state index in [1.165, 1.54) is 5.69 Å². The van der Waals surface area contributed by atoms with Crippen LogP contribution in [0.3, 0.4) is 0 Å². The summed E-state index contributed by atoms with van der Waals surface area (Å²) in [7, 11) is 10.9. The van der Waals surface area contributed by atoms with Crippen molar-refractivity contribution in [1.29, 1.82) is 0 Å². The largest absolute Gasteiger partial charge is 0.396 e. The van der Waals surface area contributed by atoms with Crippen molar-refractivity contribution >= 4 is 34.5 Å². The van der Waals surface area contributed by atoms with Gasteiger partial charge in [-0.3, -0.25) is 4.79 Å². The van der Waals surface area contributed by atoms with Crippen molar-refractivity contribution in [3.63, 3.8) is 0 Å². The average Bonchev–Trinajstić information content (AvgIpc) is 2.69. The molecule has 1 aromatic carbocycles. The van der Waals surface area contributed by atoms with Crippen molar-refractivity contribution in [2.24, 2.45) is 10.7 Å². The number of carbonyl (C=O) groups excluding carboxylic acids is 1. The van der Waals surface area contributed by atoms with Gasteiger partial charge in [-0.05, 0) is 64.3 Å². The Labute approximate surface area is 192 Å². The first-order valence-electron chi connectivity index (χ1n) is 10.8. The van der Waals surface area contributed by atoms with Gasteiger partial charge in [-0.2, -0.15) is 0 Å². The Morgan fingerprint density at radius 2 is 1.65 bits per heavy atom. The van der Waals surface area contributed by atoms with Gasteiger partial charge in [0, 0.05) is 30.8 Å². The van der Waals surface area contributed by atoms with Gasteiger partial charge >= 0.3 is 0 Å². The second kappa shape index (κ2) is 10.9. The van der Waals surface area contributed by atoms with E-state index in [1.54, 1.807) is 13.0 Å². The molecule has 0 radical (unpaired) electrons. The lowest BCUT2D eigenvalue weighted by Crippen LogP contribution is -2.38. The number of carbonyl (C=O) groups is 1. The predicted octanol–water partition coefficient (Wildman–Crippen LogP) is 3.55. The summed E-state index contributed by atoms with van der Waals surface area (Å²) in [5, 5.41) is 0.0414. The van der Waals surface area contributed by atoms with Crippen LogP contribution >= 0.6 is 11.6 Å². The molecular formula is C24H37ClN5O+. The molecule has 0 aromatic heterocycles. The van der Waals surface area contributed by atoms with Crippen LogP contribution in [0.25, 0.3) is 0 Å². The molecular weight excluding hydrogens is 410 g/mol. The third kappa shape index (κ3) is 7.80. The average molecular weight is 447 g/mol. The number of halogens is 1. The van der Waals surface area contributed by atoms with E-state index in [1.807, 2.05) is 12.1 Å². The second-order valence-corrected chi connectivity index (χ2v) is 9.79. The summed E-state index contributed by atoms with van der Waals surface area (Å²) >= 11 is 6.06. The van der Waals surface area contributed by atoms with Crippen LogP contribution in [-0.2, 0) is 4.79 Å². The fraction of sp³-hybridized carbons (Fsp3) is 0.500. The summed E-state index contributed by atoms with van der Waals surface area (Å²) in [6.07, 6.45) is 3.93. The third-order valence-electron chi connectivity index (χ3n) is 5.18. The van der Waals surface area contributed by atoms with Gasteiger partial charge in [0.15, 0.2) is 0 Å². The van der Waals surface area contributed by atoms with Crippen LogP contribution in [0.4, 0.5) is 11.4 Å². The normalized spacial score (nSPS) is 16.3. The molecule has 0 saturated heterocycles. The Morgan fingerprint density at radius 1 is 1.03 bits per heavy atom. The molecule has 1 aromatic rings. The summed E-state index contributed by atoms with van der Waals surface area (Å²) in [6.45, 7) is 5.95. The second-order valence-electron chi connectivity index (χ2n) is 9.41. The molecule has 7 heteroatoms. The fourth-order valence-corrected chi connectivity index (χ4v) is 3.66. The molecule has 0 unspecified atom stereocenters. The molecule has 170 valence electrons. The van der Waals surface area contributed by atoms with Crippen LogP contribution in [0.2, 0.25) is 0 Å². The molecule has 0 fully saturated rings. The van der Waals surface area contributed by atoms with Crippen molar-refractivity contribution in [1.82, 2.24) is 4.90 Å². The fourth-order valence-electron chi connectivity index (χ4n) is 3.41. The van der Waals surface area contributed by atoms with E-state index >= 15 is 0 Å². The molecule has 0 saturated carbocycles. The highest BCUT2D eigenvalue weighted by Crippen LogP contribution is 2.25. The molecule has 6 nitrogen and oxygen atoms in total. The number of hydrogen-bond donors (Lipinski definition) is 1. The van der Waals surface area contributed by atoms with E-state index in [0.29, 0.717) is 11.3 Å². The Balaban J connectivity index is 2.16. The van der Waals surface area contributed by atoms with Gasteiger partial charge < -0.3 is 20.0 Å². The van der Waals surface area contributed by atoms with Crippen LogP contribution in [0.5, 0.6) is 0 Å². The maximum atomic E-state index is 11.9. The minimum Gasteiger partial charge on any atom is -0.396 e. The highest BCUT2D eigenvalue weighted by Gasteiger charge is 2.21. The number of aliphatic imine (C=N–C) groups is 1. The van der Waals surface area contributed by atoms with Crippen molar-refractivity contribution in [2.75, 3.05) is 66.3 Å². The molecule has 0 spiro atoms. The highest BCUT2D eigenvalue weighted by atomic mass is 35.5. The van der Waals surface area contributed by atoms with Crippen molar-refractivity contribution < 1.29 is 9.28 Å². The monoisotopic (exact) mass is 446 g/mol. The lowest BCUT2D eigenvalue weighted by molar-refractivity contribution is -0.870. The Morgan fingerprint density at radius 3 is 2.23 bits per heavy atom. The van der Waals surface area contributed by atoms with Gasteiger partial charge in [0.1, 0.15) is 5.03 Å².